The minimum Gasteiger partial charge on any atom is -0.483 e. The first-order valence-corrected chi connectivity index (χ1v) is 14.5. The monoisotopic (exact) mass is 595 g/mol. The number of nitrogens with zero attached hydrogens (tertiary/aromatic N) is 4. The van der Waals surface area contributed by atoms with E-state index >= 15 is 0 Å². The van der Waals surface area contributed by atoms with Crippen LogP contribution in [0.25, 0.3) is 0 Å². The van der Waals surface area contributed by atoms with Gasteiger partial charge in [0.05, 0.1) is 15.6 Å². The maximum Gasteiger partial charge on any atom is 0.260 e. The summed E-state index contributed by atoms with van der Waals surface area (Å²) in [7, 11) is 2.06. The van der Waals surface area contributed by atoms with Gasteiger partial charge in [-0.25, -0.2) is 0 Å². The van der Waals surface area contributed by atoms with E-state index in [-0.39, 0.29) is 18.4 Å². The van der Waals surface area contributed by atoms with E-state index in [0.29, 0.717) is 46.0 Å². The molecule has 0 aliphatic carbocycles. The number of carbonyl (C=O) groups excluding carboxylic acids is 2. The van der Waals surface area contributed by atoms with E-state index < -0.39 is 0 Å². The summed E-state index contributed by atoms with van der Waals surface area (Å²) in [4.78, 5) is 34.5. The molecule has 0 atom stereocenters. The van der Waals surface area contributed by atoms with Gasteiger partial charge >= 0.3 is 0 Å². The summed E-state index contributed by atoms with van der Waals surface area (Å²) in [5.74, 6) is -0.0186. The van der Waals surface area contributed by atoms with Crippen molar-refractivity contribution in [2.75, 3.05) is 79.1 Å². The Hall–Kier alpha value is -2.07. The molecular weight excluding hydrogens is 561 g/mol. The molecule has 0 unspecified atom stereocenters. The Morgan fingerprint density at radius 2 is 1.64 bits per heavy atom. The lowest BCUT2D eigenvalue weighted by Crippen LogP contribution is -2.48. The van der Waals surface area contributed by atoms with Crippen LogP contribution in [0.4, 0.5) is 0 Å². The Bertz CT molecular complexity index is 1140. The molecule has 2 aromatic carbocycles. The third kappa shape index (κ3) is 8.96. The molecule has 0 aromatic heterocycles. The summed E-state index contributed by atoms with van der Waals surface area (Å²) < 4.78 is 5.81. The number of amides is 2. The Morgan fingerprint density at radius 1 is 0.872 bits per heavy atom. The number of nitrogens with one attached hydrogen (secondary N) is 1. The zero-order chi connectivity index (χ0) is 27.8. The molecular formula is C28H36Cl3N5O3. The molecule has 4 rings (SSSR count). The van der Waals surface area contributed by atoms with Crippen molar-refractivity contribution >= 4 is 46.6 Å². The fourth-order valence-electron chi connectivity index (χ4n) is 4.82. The van der Waals surface area contributed by atoms with Crippen molar-refractivity contribution in [1.29, 1.82) is 0 Å². The predicted octanol–water partition coefficient (Wildman–Crippen LogP) is 3.74. The summed E-state index contributed by atoms with van der Waals surface area (Å²) in [5.41, 5.74) is 1.51. The number of benzene rings is 2. The van der Waals surface area contributed by atoms with Crippen LogP contribution in [-0.4, -0.2) is 111 Å². The number of likely N-dealkylation sites (N-methyl/N-ethyl adjacent to an activating group) is 1. The number of ether oxygens (including phenoxy) is 1. The molecule has 2 aliphatic rings. The molecule has 2 heterocycles. The van der Waals surface area contributed by atoms with Gasteiger partial charge in [0, 0.05) is 70.5 Å². The minimum absolute atomic E-state index is 0.0880. The van der Waals surface area contributed by atoms with E-state index in [1.165, 1.54) is 0 Å². The van der Waals surface area contributed by atoms with Crippen LogP contribution in [0.5, 0.6) is 5.75 Å². The van der Waals surface area contributed by atoms with Gasteiger partial charge in [0.15, 0.2) is 6.61 Å². The SMILES string of the molecule is CN1CCCN(C(=O)COc2cc(Cl)ccc2C(=O)NCCN2CCN(Cc3ccc(Cl)c(Cl)c3)CC2)CC1. The quantitative estimate of drug-likeness (QED) is 0.476. The van der Waals surface area contributed by atoms with Crippen LogP contribution in [0.1, 0.15) is 22.3 Å². The van der Waals surface area contributed by atoms with Crippen molar-refractivity contribution < 1.29 is 14.3 Å². The van der Waals surface area contributed by atoms with Gasteiger partial charge in [-0.3, -0.25) is 19.4 Å². The van der Waals surface area contributed by atoms with Crippen LogP contribution in [0.15, 0.2) is 36.4 Å². The lowest BCUT2D eigenvalue weighted by atomic mass is 10.2. The highest BCUT2D eigenvalue weighted by molar-refractivity contribution is 6.42. The van der Waals surface area contributed by atoms with Gasteiger partial charge in [0.25, 0.3) is 11.8 Å². The third-order valence-corrected chi connectivity index (χ3v) is 8.15. The van der Waals surface area contributed by atoms with Crippen molar-refractivity contribution in [2.45, 2.75) is 13.0 Å². The first kappa shape index (κ1) is 29.9. The van der Waals surface area contributed by atoms with Gasteiger partial charge in [-0.2, -0.15) is 0 Å². The van der Waals surface area contributed by atoms with Crippen LogP contribution >= 0.6 is 34.8 Å². The topological polar surface area (TPSA) is 68.4 Å². The maximum absolute atomic E-state index is 13.0. The van der Waals surface area contributed by atoms with Gasteiger partial charge in [-0.15, -0.1) is 0 Å². The van der Waals surface area contributed by atoms with Crippen molar-refractivity contribution in [3.05, 3.63) is 62.6 Å². The molecule has 0 spiro atoms. The largest absolute Gasteiger partial charge is 0.483 e. The van der Waals surface area contributed by atoms with Crippen molar-refractivity contribution in [3.8, 4) is 5.75 Å². The molecule has 0 saturated carbocycles. The fourth-order valence-corrected chi connectivity index (χ4v) is 5.30. The standard InChI is InChI=1S/C28H36Cl3N5O3/c1-33-8-2-9-36(16-11-33)27(37)20-39-26-18-22(29)4-5-23(26)28(38)32-7-10-34-12-14-35(15-13-34)19-21-3-6-24(30)25(31)17-21/h3-6,17-18H,2,7-16,19-20H2,1H3,(H,32,38). The molecule has 212 valence electrons. The summed E-state index contributed by atoms with van der Waals surface area (Å²) in [6.45, 7) is 8.85. The molecule has 0 bridgehead atoms. The maximum atomic E-state index is 13.0. The van der Waals surface area contributed by atoms with Gasteiger partial charge in [-0.05, 0) is 55.9 Å². The van der Waals surface area contributed by atoms with Gasteiger partial charge < -0.3 is 19.9 Å². The Kier molecular flexibility index (Phi) is 11.1. The molecule has 11 heteroatoms. The highest BCUT2D eigenvalue weighted by Gasteiger charge is 2.21. The summed E-state index contributed by atoms with van der Waals surface area (Å²) >= 11 is 18.3. The zero-order valence-corrected chi connectivity index (χ0v) is 24.6. The fraction of sp³-hybridized carbons (Fsp3) is 0.500. The molecule has 8 nitrogen and oxygen atoms in total. The van der Waals surface area contributed by atoms with E-state index in [9.17, 15) is 9.59 Å². The van der Waals surface area contributed by atoms with Gasteiger partial charge in [0.2, 0.25) is 0 Å². The second-order valence-electron chi connectivity index (χ2n) is 10.1. The Balaban J connectivity index is 1.21. The number of carbonyl (C=O) groups is 2. The predicted molar refractivity (Wildman–Crippen MR) is 156 cm³/mol. The van der Waals surface area contributed by atoms with Crippen molar-refractivity contribution in [3.63, 3.8) is 0 Å². The third-order valence-electron chi connectivity index (χ3n) is 7.18. The number of hydrogen-bond donors (Lipinski definition) is 1. The van der Waals surface area contributed by atoms with Crippen LogP contribution in [0.3, 0.4) is 0 Å². The first-order chi connectivity index (χ1) is 18.8. The van der Waals surface area contributed by atoms with E-state index in [1.54, 1.807) is 18.2 Å². The molecule has 2 fully saturated rings. The lowest BCUT2D eigenvalue weighted by Gasteiger charge is -2.34. The number of halogens is 3. The smallest absolute Gasteiger partial charge is 0.260 e. The highest BCUT2D eigenvalue weighted by atomic mass is 35.5. The molecule has 0 radical (unpaired) electrons. The highest BCUT2D eigenvalue weighted by Crippen LogP contribution is 2.25. The summed E-state index contributed by atoms with van der Waals surface area (Å²) in [5, 5.41) is 4.58. The minimum atomic E-state index is -0.247. The summed E-state index contributed by atoms with van der Waals surface area (Å²) in [6.07, 6.45) is 0.930. The first-order valence-electron chi connectivity index (χ1n) is 13.3. The number of piperazine rings is 1. The normalized spacial score (nSPS) is 17.6. The molecule has 2 saturated heterocycles. The average Bonchev–Trinajstić information content (AvgIpc) is 3.14. The number of rotatable bonds is 9. The van der Waals surface area contributed by atoms with Crippen molar-refractivity contribution in [2.24, 2.45) is 0 Å². The van der Waals surface area contributed by atoms with Crippen LogP contribution in [0, 0.1) is 0 Å². The van der Waals surface area contributed by atoms with E-state index in [0.717, 1.165) is 64.3 Å². The summed E-state index contributed by atoms with van der Waals surface area (Å²) in [6, 6.07) is 10.6. The molecule has 1 N–H and O–H groups in total. The van der Waals surface area contributed by atoms with E-state index in [4.69, 9.17) is 39.5 Å². The average molecular weight is 597 g/mol. The molecule has 39 heavy (non-hydrogen) atoms. The van der Waals surface area contributed by atoms with E-state index in [1.807, 2.05) is 23.1 Å². The molecule has 2 amide bonds. The second-order valence-corrected chi connectivity index (χ2v) is 11.3. The number of hydrogen-bond acceptors (Lipinski definition) is 6. The second kappa shape index (κ2) is 14.5. The van der Waals surface area contributed by atoms with Gasteiger partial charge in [0.1, 0.15) is 5.75 Å². The Morgan fingerprint density at radius 3 is 2.41 bits per heavy atom. The van der Waals surface area contributed by atoms with Crippen LogP contribution in [-0.2, 0) is 11.3 Å². The van der Waals surface area contributed by atoms with Crippen LogP contribution in [0.2, 0.25) is 15.1 Å². The van der Waals surface area contributed by atoms with Crippen LogP contribution < -0.4 is 10.1 Å². The van der Waals surface area contributed by atoms with Crippen molar-refractivity contribution in [1.82, 2.24) is 24.9 Å². The molecule has 2 aromatic rings. The zero-order valence-electron chi connectivity index (χ0n) is 22.3. The van der Waals surface area contributed by atoms with E-state index in [2.05, 4.69) is 27.1 Å². The van der Waals surface area contributed by atoms with Gasteiger partial charge in [-0.1, -0.05) is 40.9 Å². The lowest BCUT2D eigenvalue weighted by molar-refractivity contribution is -0.133. The Labute approximate surface area is 245 Å². The molecule has 2 aliphatic heterocycles.